The monoisotopic (exact) mass is 358 g/mol. The van der Waals surface area contributed by atoms with E-state index in [-0.39, 0.29) is 6.03 Å². The van der Waals surface area contributed by atoms with Crippen molar-refractivity contribution in [2.75, 3.05) is 24.5 Å². The summed E-state index contributed by atoms with van der Waals surface area (Å²) in [6, 6.07) is 11.5. The van der Waals surface area contributed by atoms with Crippen molar-refractivity contribution < 1.29 is 4.79 Å². The number of rotatable bonds is 5. The molecule has 132 valence electrons. The molecular formula is C19H23ClN4O. The maximum atomic E-state index is 11.9. The van der Waals surface area contributed by atoms with E-state index < -0.39 is 0 Å². The van der Waals surface area contributed by atoms with E-state index in [2.05, 4.69) is 20.5 Å². The molecule has 3 rings (SSSR count). The molecule has 2 amide bonds. The van der Waals surface area contributed by atoms with Crippen LogP contribution in [-0.4, -0.2) is 30.6 Å². The van der Waals surface area contributed by atoms with Crippen LogP contribution in [0.15, 0.2) is 48.8 Å². The van der Waals surface area contributed by atoms with Gasteiger partial charge in [-0.3, -0.25) is 4.98 Å². The summed E-state index contributed by atoms with van der Waals surface area (Å²) in [4.78, 5) is 18.4. The van der Waals surface area contributed by atoms with Crippen molar-refractivity contribution >= 4 is 23.3 Å². The van der Waals surface area contributed by atoms with E-state index in [0.717, 1.165) is 38.0 Å². The van der Waals surface area contributed by atoms with Crippen LogP contribution >= 0.6 is 11.6 Å². The molecule has 6 heteroatoms. The Morgan fingerprint density at radius 2 is 1.76 bits per heavy atom. The molecule has 1 aliphatic rings. The number of hydrogen-bond acceptors (Lipinski definition) is 3. The number of urea groups is 1. The minimum atomic E-state index is -0.119. The van der Waals surface area contributed by atoms with Crippen LogP contribution in [0.5, 0.6) is 0 Å². The lowest BCUT2D eigenvalue weighted by atomic mass is 9.96. The molecule has 2 aromatic rings. The largest absolute Gasteiger partial charge is 0.371 e. The molecule has 0 radical (unpaired) electrons. The second-order valence-corrected chi connectivity index (χ2v) is 6.76. The predicted molar refractivity (Wildman–Crippen MR) is 101 cm³/mol. The SMILES string of the molecule is O=C(NCc1ccc(Cl)cc1)NCC1CCN(c2ccncc2)CC1. The standard InChI is InChI=1S/C19H23ClN4O/c20-17-3-1-15(2-4-17)13-22-19(25)23-14-16-7-11-24(12-8-16)18-5-9-21-10-6-18/h1-6,9-10,16H,7-8,11-14H2,(H2,22,23,25). The van der Waals surface area contributed by atoms with Gasteiger partial charge in [0.2, 0.25) is 0 Å². The van der Waals surface area contributed by atoms with Gasteiger partial charge >= 0.3 is 6.03 Å². The first kappa shape index (κ1) is 17.5. The Bertz CT molecular complexity index is 670. The smallest absolute Gasteiger partial charge is 0.315 e. The summed E-state index contributed by atoms with van der Waals surface area (Å²) < 4.78 is 0. The molecule has 1 aromatic heterocycles. The van der Waals surface area contributed by atoms with Crippen LogP contribution in [0.1, 0.15) is 18.4 Å². The molecule has 0 saturated carbocycles. The topological polar surface area (TPSA) is 57.3 Å². The zero-order valence-corrected chi connectivity index (χ0v) is 14.9. The Balaban J connectivity index is 1.35. The fourth-order valence-corrected chi connectivity index (χ4v) is 3.16. The number of piperidine rings is 1. The number of aromatic nitrogens is 1. The molecule has 25 heavy (non-hydrogen) atoms. The van der Waals surface area contributed by atoms with E-state index in [1.165, 1.54) is 5.69 Å². The minimum absolute atomic E-state index is 0.119. The highest BCUT2D eigenvalue weighted by Crippen LogP contribution is 2.22. The number of pyridine rings is 1. The van der Waals surface area contributed by atoms with Crippen LogP contribution in [0.3, 0.4) is 0 Å². The zero-order valence-electron chi connectivity index (χ0n) is 14.1. The Hall–Kier alpha value is -2.27. The molecule has 2 heterocycles. The number of hydrogen-bond donors (Lipinski definition) is 2. The molecule has 1 fully saturated rings. The van der Waals surface area contributed by atoms with Gasteiger partial charge < -0.3 is 15.5 Å². The fourth-order valence-electron chi connectivity index (χ4n) is 3.03. The van der Waals surface area contributed by atoms with E-state index in [1.807, 2.05) is 48.8 Å². The van der Waals surface area contributed by atoms with Gasteiger partial charge in [0.25, 0.3) is 0 Å². The maximum absolute atomic E-state index is 11.9. The molecule has 1 saturated heterocycles. The number of benzene rings is 1. The van der Waals surface area contributed by atoms with Crippen LogP contribution in [-0.2, 0) is 6.54 Å². The first-order valence-electron chi connectivity index (χ1n) is 8.62. The second kappa shape index (κ2) is 8.72. The summed E-state index contributed by atoms with van der Waals surface area (Å²) in [5, 5.41) is 6.57. The van der Waals surface area contributed by atoms with Crippen molar-refractivity contribution in [2.45, 2.75) is 19.4 Å². The van der Waals surface area contributed by atoms with Gasteiger partial charge in [-0.2, -0.15) is 0 Å². The highest BCUT2D eigenvalue weighted by molar-refractivity contribution is 6.30. The van der Waals surface area contributed by atoms with Crippen molar-refractivity contribution in [2.24, 2.45) is 5.92 Å². The lowest BCUT2D eigenvalue weighted by molar-refractivity contribution is 0.237. The van der Waals surface area contributed by atoms with Crippen LogP contribution in [0, 0.1) is 5.92 Å². The molecule has 0 unspecified atom stereocenters. The van der Waals surface area contributed by atoms with E-state index in [0.29, 0.717) is 17.5 Å². The number of anilines is 1. The number of amides is 2. The third kappa shape index (κ3) is 5.36. The highest BCUT2D eigenvalue weighted by Gasteiger charge is 2.19. The Kier molecular flexibility index (Phi) is 6.12. The van der Waals surface area contributed by atoms with E-state index in [9.17, 15) is 4.79 Å². The third-order valence-corrected chi connectivity index (χ3v) is 4.81. The summed E-state index contributed by atoms with van der Waals surface area (Å²) in [5.41, 5.74) is 2.26. The van der Waals surface area contributed by atoms with E-state index in [4.69, 9.17) is 11.6 Å². The van der Waals surface area contributed by atoms with Crippen molar-refractivity contribution in [3.8, 4) is 0 Å². The van der Waals surface area contributed by atoms with Gasteiger partial charge in [0, 0.05) is 49.3 Å². The normalized spacial score (nSPS) is 15.0. The number of carbonyl (C=O) groups is 1. The summed E-state index contributed by atoms with van der Waals surface area (Å²) in [5.74, 6) is 0.527. The van der Waals surface area contributed by atoms with Crippen molar-refractivity contribution in [3.05, 3.63) is 59.4 Å². The van der Waals surface area contributed by atoms with Gasteiger partial charge in [-0.1, -0.05) is 23.7 Å². The molecule has 0 bridgehead atoms. The summed E-state index contributed by atoms with van der Waals surface area (Å²) in [6.07, 6.45) is 5.82. The van der Waals surface area contributed by atoms with Gasteiger partial charge in [0.05, 0.1) is 0 Å². The molecule has 0 spiro atoms. The van der Waals surface area contributed by atoms with E-state index in [1.54, 1.807) is 0 Å². The molecule has 0 aliphatic carbocycles. The molecule has 1 aromatic carbocycles. The molecule has 5 nitrogen and oxygen atoms in total. The van der Waals surface area contributed by atoms with Crippen molar-refractivity contribution in [3.63, 3.8) is 0 Å². The van der Waals surface area contributed by atoms with Gasteiger partial charge in [0.15, 0.2) is 0 Å². The number of nitrogens with one attached hydrogen (secondary N) is 2. The average molecular weight is 359 g/mol. The number of carbonyl (C=O) groups excluding carboxylic acids is 1. The minimum Gasteiger partial charge on any atom is -0.371 e. The fraction of sp³-hybridized carbons (Fsp3) is 0.368. The zero-order chi connectivity index (χ0) is 17.5. The van der Waals surface area contributed by atoms with Crippen molar-refractivity contribution in [1.82, 2.24) is 15.6 Å². The van der Waals surface area contributed by atoms with Gasteiger partial charge in [0.1, 0.15) is 0 Å². The summed E-state index contributed by atoms with van der Waals surface area (Å²) in [7, 11) is 0. The Morgan fingerprint density at radius 1 is 1.08 bits per heavy atom. The molecular weight excluding hydrogens is 336 g/mol. The maximum Gasteiger partial charge on any atom is 0.315 e. The lowest BCUT2D eigenvalue weighted by Crippen LogP contribution is -2.41. The van der Waals surface area contributed by atoms with Gasteiger partial charge in [-0.05, 0) is 48.6 Å². The predicted octanol–water partition coefficient (Wildman–Crippen LogP) is 3.45. The lowest BCUT2D eigenvalue weighted by Gasteiger charge is -2.33. The Morgan fingerprint density at radius 3 is 2.44 bits per heavy atom. The molecule has 2 N–H and O–H groups in total. The number of nitrogens with zero attached hydrogens (tertiary/aromatic N) is 2. The van der Waals surface area contributed by atoms with Gasteiger partial charge in [-0.25, -0.2) is 4.79 Å². The van der Waals surface area contributed by atoms with Gasteiger partial charge in [-0.15, -0.1) is 0 Å². The first-order valence-corrected chi connectivity index (χ1v) is 8.99. The van der Waals surface area contributed by atoms with Crippen molar-refractivity contribution in [1.29, 1.82) is 0 Å². The number of halogens is 1. The third-order valence-electron chi connectivity index (χ3n) is 4.56. The summed E-state index contributed by atoms with van der Waals surface area (Å²) >= 11 is 5.85. The molecule has 0 atom stereocenters. The second-order valence-electron chi connectivity index (χ2n) is 6.33. The Labute approximate surface area is 153 Å². The van der Waals surface area contributed by atoms with E-state index >= 15 is 0 Å². The first-order chi connectivity index (χ1) is 12.2. The highest BCUT2D eigenvalue weighted by atomic mass is 35.5. The molecule has 1 aliphatic heterocycles. The summed E-state index contributed by atoms with van der Waals surface area (Å²) in [6.45, 7) is 3.26. The van der Waals surface area contributed by atoms with Crippen LogP contribution in [0.2, 0.25) is 5.02 Å². The average Bonchev–Trinajstić information content (AvgIpc) is 2.67. The van der Waals surface area contributed by atoms with Crippen LogP contribution in [0.25, 0.3) is 0 Å². The van der Waals surface area contributed by atoms with Crippen LogP contribution < -0.4 is 15.5 Å². The van der Waals surface area contributed by atoms with Crippen LogP contribution in [0.4, 0.5) is 10.5 Å². The quantitative estimate of drug-likeness (QED) is 0.860.